The molecule has 0 amide bonds. The number of aromatic carboxylic acids is 1. The molecule has 1 rings (SSSR count). The molecule has 1 aromatic heterocycles. The Balaban J connectivity index is 3.09. The van der Waals surface area contributed by atoms with E-state index < -0.39 is 24.4 Å². The minimum Gasteiger partial charge on any atom is -0.476 e. The molecule has 0 aliphatic carbocycles. The Bertz CT molecular complexity index is 423. The lowest BCUT2D eigenvalue weighted by Gasteiger charge is -2.24. The van der Waals surface area contributed by atoms with Crippen LogP contribution in [-0.4, -0.2) is 40.3 Å². The average molecular weight is 263 g/mol. The molecule has 0 atom stereocenters. The van der Waals surface area contributed by atoms with Gasteiger partial charge in [0.05, 0.1) is 0 Å². The Hall–Kier alpha value is -1.86. The molecule has 1 aromatic rings. The molecule has 1 N–H and O–H groups in total. The third kappa shape index (κ3) is 3.86. The van der Waals surface area contributed by atoms with E-state index in [1.807, 2.05) is 0 Å². The predicted octanol–water partition coefficient (Wildman–Crippen LogP) is 1.95. The molecule has 0 bridgehead atoms. The van der Waals surface area contributed by atoms with Crippen LogP contribution in [0.25, 0.3) is 0 Å². The van der Waals surface area contributed by atoms with E-state index in [4.69, 9.17) is 5.11 Å². The van der Waals surface area contributed by atoms with E-state index in [9.17, 15) is 18.0 Å². The number of carboxylic acids is 1. The molecule has 0 aliphatic rings. The van der Waals surface area contributed by atoms with Crippen LogP contribution in [0.3, 0.4) is 0 Å². The zero-order valence-corrected chi connectivity index (χ0v) is 9.61. The molecular weight excluding hydrogens is 251 g/mol. The Morgan fingerprint density at radius 1 is 1.39 bits per heavy atom. The van der Waals surface area contributed by atoms with Gasteiger partial charge in [0.25, 0.3) is 0 Å². The maximum atomic E-state index is 12.4. The summed E-state index contributed by atoms with van der Waals surface area (Å²) < 4.78 is 37.2. The summed E-state index contributed by atoms with van der Waals surface area (Å²) >= 11 is 0. The molecule has 0 aliphatic heterocycles. The second kappa shape index (κ2) is 5.65. The lowest BCUT2D eigenvalue weighted by Crippen LogP contribution is -2.36. The summed E-state index contributed by atoms with van der Waals surface area (Å²) in [7, 11) is 0. The number of carboxylic acid groups (broad SMARTS) is 1. The van der Waals surface area contributed by atoms with Gasteiger partial charge < -0.3 is 10.0 Å². The third-order valence-corrected chi connectivity index (χ3v) is 2.04. The zero-order chi connectivity index (χ0) is 13.8. The van der Waals surface area contributed by atoms with Gasteiger partial charge in [-0.25, -0.2) is 14.8 Å². The molecule has 0 fully saturated rings. The number of halogens is 3. The van der Waals surface area contributed by atoms with E-state index in [-0.39, 0.29) is 12.4 Å². The van der Waals surface area contributed by atoms with Crippen LogP contribution >= 0.6 is 0 Å². The fourth-order valence-electron chi connectivity index (χ4n) is 1.46. The van der Waals surface area contributed by atoms with Crippen molar-refractivity contribution in [3.8, 4) is 0 Å². The average Bonchev–Trinajstić information content (AvgIpc) is 2.26. The van der Waals surface area contributed by atoms with Crippen molar-refractivity contribution >= 4 is 11.8 Å². The third-order valence-electron chi connectivity index (χ3n) is 2.04. The molecule has 0 unspecified atom stereocenters. The van der Waals surface area contributed by atoms with Crippen molar-refractivity contribution in [2.24, 2.45) is 0 Å². The molecule has 0 spiro atoms. The van der Waals surface area contributed by atoms with Gasteiger partial charge in [-0.15, -0.1) is 0 Å². The smallest absolute Gasteiger partial charge is 0.405 e. The van der Waals surface area contributed by atoms with Crippen molar-refractivity contribution in [1.29, 1.82) is 0 Å². The van der Waals surface area contributed by atoms with E-state index in [1.165, 1.54) is 6.20 Å². The molecule has 8 heteroatoms. The summed E-state index contributed by atoms with van der Waals surface area (Å²) in [6.45, 7) is 0.498. The van der Waals surface area contributed by atoms with Crippen LogP contribution in [0.1, 0.15) is 23.8 Å². The minimum atomic E-state index is -4.43. The number of hydrogen-bond donors (Lipinski definition) is 1. The van der Waals surface area contributed by atoms with Crippen LogP contribution in [0, 0.1) is 0 Å². The van der Waals surface area contributed by atoms with Crippen LogP contribution in [0.15, 0.2) is 12.4 Å². The zero-order valence-electron chi connectivity index (χ0n) is 9.61. The topological polar surface area (TPSA) is 66.3 Å². The van der Waals surface area contributed by atoms with Crippen LogP contribution < -0.4 is 4.90 Å². The Morgan fingerprint density at radius 2 is 2.00 bits per heavy atom. The van der Waals surface area contributed by atoms with Crippen molar-refractivity contribution in [2.75, 3.05) is 18.0 Å². The summed E-state index contributed by atoms with van der Waals surface area (Å²) in [5, 5.41) is 8.87. The van der Waals surface area contributed by atoms with E-state index >= 15 is 0 Å². The van der Waals surface area contributed by atoms with E-state index in [1.54, 1.807) is 6.92 Å². The van der Waals surface area contributed by atoms with E-state index in [0.29, 0.717) is 6.42 Å². The number of anilines is 1. The molecule has 1 heterocycles. The minimum absolute atomic E-state index is 0.0541. The lowest BCUT2D eigenvalue weighted by molar-refractivity contribution is -0.119. The fraction of sp³-hybridized carbons (Fsp3) is 0.500. The Kier molecular flexibility index (Phi) is 4.46. The predicted molar refractivity (Wildman–Crippen MR) is 57.6 cm³/mol. The van der Waals surface area contributed by atoms with Gasteiger partial charge in [0.1, 0.15) is 6.54 Å². The normalized spacial score (nSPS) is 11.3. The summed E-state index contributed by atoms with van der Waals surface area (Å²) in [5.74, 6) is -1.66. The molecule has 0 saturated carbocycles. The maximum Gasteiger partial charge on any atom is 0.405 e. The highest BCUT2D eigenvalue weighted by Gasteiger charge is 2.32. The first kappa shape index (κ1) is 14.2. The largest absolute Gasteiger partial charge is 0.476 e. The maximum absolute atomic E-state index is 12.4. The monoisotopic (exact) mass is 263 g/mol. The first-order valence-electron chi connectivity index (χ1n) is 5.21. The number of alkyl halides is 3. The number of hydrogen-bond acceptors (Lipinski definition) is 4. The SMILES string of the molecule is CCCN(CC(F)(F)F)c1nccnc1C(=O)O. The molecule has 0 aromatic carbocycles. The highest BCUT2D eigenvalue weighted by atomic mass is 19.4. The second-order valence-electron chi connectivity index (χ2n) is 3.57. The van der Waals surface area contributed by atoms with Gasteiger partial charge in [0.15, 0.2) is 11.5 Å². The van der Waals surface area contributed by atoms with Gasteiger partial charge in [-0.2, -0.15) is 13.2 Å². The van der Waals surface area contributed by atoms with Crippen LogP contribution in [0.5, 0.6) is 0 Å². The van der Waals surface area contributed by atoms with Gasteiger partial charge in [-0.05, 0) is 6.42 Å². The van der Waals surface area contributed by atoms with Gasteiger partial charge in [-0.1, -0.05) is 6.92 Å². The number of nitrogens with zero attached hydrogens (tertiary/aromatic N) is 3. The summed E-state index contributed by atoms with van der Waals surface area (Å²) in [4.78, 5) is 19.0. The quantitative estimate of drug-likeness (QED) is 0.879. The van der Waals surface area contributed by atoms with Crippen LogP contribution in [0.2, 0.25) is 0 Å². The van der Waals surface area contributed by atoms with Crippen LogP contribution in [-0.2, 0) is 0 Å². The summed E-state index contributed by atoms with van der Waals surface area (Å²) in [5.41, 5.74) is -0.477. The highest BCUT2D eigenvalue weighted by Crippen LogP contribution is 2.22. The fourth-order valence-corrected chi connectivity index (χ4v) is 1.46. The van der Waals surface area contributed by atoms with Gasteiger partial charge in [0.2, 0.25) is 0 Å². The number of aromatic nitrogens is 2. The Morgan fingerprint density at radius 3 is 2.50 bits per heavy atom. The number of carbonyl (C=O) groups is 1. The van der Waals surface area contributed by atoms with E-state index in [0.717, 1.165) is 11.1 Å². The van der Waals surface area contributed by atoms with Gasteiger partial charge in [0, 0.05) is 18.9 Å². The lowest BCUT2D eigenvalue weighted by atomic mass is 10.3. The van der Waals surface area contributed by atoms with E-state index in [2.05, 4.69) is 9.97 Å². The van der Waals surface area contributed by atoms with Crippen molar-refractivity contribution in [3.05, 3.63) is 18.1 Å². The van der Waals surface area contributed by atoms with Crippen LogP contribution in [0.4, 0.5) is 19.0 Å². The number of rotatable bonds is 5. The van der Waals surface area contributed by atoms with Gasteiger partial charge in [-0.3, -0.25) is 0 Å². The Labute approximate surface area is 101 Å². The standard InChI is InChI=1S/C10H12F3N3O2/c1-2-5-16(6-10(11,12)13)8-7(9(17)18)14-3-4-15-8/h3-4H,2,5-6H2,1H3,(H,17,18). The summed E-state index contributed by atoms with van der Waals surface area (Å²) in [6, 6.07) is 0. The highest BCUT2D eigenvalue weighted by molar-refractivity contribution is 5.90. The molecule has 18 heavy (non-hydrogen) atoms. The van der Waals surface area contributed by atoms with Gasteiger partial charge >= 0.3 is 12.1 Å². The molecule has 5 nitrogen and oxygen atoms in total. The first-order chi connectivity index (χ1) is 8.35. The summed E-state index contributed by atoms with van der Waals surface area (Å²) in [6.07, 6.45) is -1.69. The molecule has 0 radical (unpaired) electrons. The molecule has 100 valence electrons. The van der Waals surface area contributed by atoms with Crippen molar-refractivity contribution in [3.63, 3.8) is 0 Å². The molecule has 0 saturated heterocycles. The van der Waals surface area contributed by atoms with Crippen molar-refractivity contribution < 1.29 is 23.1 Å². The molecular formula is C10H12F3N3O2. The van der Waals surface area contributed by atoms with Crippen molar-refractivity contribution in [1.82, 2.24) is 9.97 Å². The van der Waals surface area contributed by atoms with Crippen molar-refractivity contribution in [2.45, 2.75) is 19.5 Å². The second-order valence-corrected chi connectivity index (χ2v) is 3.57. The first-order valence-corrected chi connectivity index (χ1v) is 5.21.